The van der Waals surface area contributed by atoms with Gasteiger partial charge in [-0.05, 0) is 33.0 Å². The van der Waals surface area contributed by atoms with E-state index in [0.29, 0.717) is 0 Å². The van der Waals surface area contributed by atoms with Gasteiger partial charge in [0.2, 0.25) is 0 Å². The van der Waals surface area contributed by atoms with Crippen LogP contribution in [0.3, 0.4) is 0 Å². The van der Waals surface area contributed by atoms with Crippen molar-refractivity contribution in [3.8, 4) is 0 Å². The molecule has 108 valence electrons. The maximum absolute atomic E-state index is 5.09. The Bertz CT molecular complexity index is 331. The molecule has 19 heavy (non-hydrogen) atoms. The van der Waals surface area contributed by atoms with Gasteiger partial charge in [0.1, 0.15) is 0 Å². The zero-order valence-corrected chi connectivity index (χ0v) is 12.6. The van der Waals surface area contributed by atoms with Gasteiger partial charge in [-0.15, -0.1) is 0 Å². The number of nitrogens with two attached hydrogens (primary N) is 2. The molecule has 0 fully saturated rings. The molecule has 0 saturated carbocycles. The Morgan fingerprint density at radius 3 is 2.21 bits per heavy atom. The summed E-state index contributed by atoms with van der Waals surface area (Å²) in [6.45, 7) is 5.01. The van der Waals surface area contributed by atoms with Crippen LogP contribution in [-0.4, -0.2) is 26.4 Å². The third-order valence-corrected chi connectivity index (χ3v) is 2.11. The molecule has 1 rings (SSSR count). The molecule has 0 heterocycles. The molecule has 1 aromatic carbocycles. The second-order valence-electron chi connectivity index (χ2n) is 3.52. The highest BCUT2D eigenvalue weighted by atomic mass is 15.1. The van der Waals surface area contributed by atoms with Crippen molar-refractivity contribution in [3.05, 3.63) is 48.0 Å². The van der Waals surface area contributed by atoms with E-state index in [1.165, 1.54) is 7.05 Å². The molecule has 0 aliphatic heterocycles. The van der Waals surface area contributed by atoms with Crippen molar-refractivity contribution in [1.29, 1.82) is 0 Å². The van der Waals surface area contributed by atoms with E-state index in [2.05, 4.69) is 35.2 Å². The Hall–Kier alpha value is -1.65. The van der Waals surface area contributed by atoms with Crippen LogP contribution in [-0.2, 0) is 0 Å². The van der Waals surface area contributed by atoms with E-state index in [1.54, 1.807) is 0 Å². The molecule has 1 aromatic rings. The summed E-state index contributed by atoms with van der Waals surface area (Å²) in [7, 11) is 3.44. The van der Waals surface area contributed by atoms with Crippen molar-refractivity contribution < 1.29 is 0 Å². The molecule has 0 radical (unpaired) electrons. The third kappa shape index (κ3) is 12.6. The zero-order valence-electron chi connectivity index (χ0n) is 12.6. The molecular weight excluding hydrogens is 236 g/mol. The van der Waals surface area contributed by atoms with Gasteiger partial charge in [0.15, 0.2) is 0 Å². The molecule has 0 atom stereocenters. The predicted octanol–water partition coefficient (Wildman–Crippen LogP) is 2.12. The normalized spacial score (nSPS) is 10.3. The lowest BCUT2D eigenvalue weighted by molar-refractivity contribution is 0.915. The van der Waals surface area contributed by atoms with Crippen LogP contribution in [0.2, 0.25) is 0 Å². The van der Waals surface area contributed by atoms with E-state index >= 15 is 0 Å². The molecule has 0 saturated heterocycles. The second kappa shape index (κ2) is 16.4. The summed E-state index contributed by atoms with van der Waals surface area (Å²) in [5.74, 6) is 5.09. The van der Waals surface area contributed by atoms with E-state index in [0.717, 1.165) is 24.2 Å². The summed E-state index contributed by atoms with van der Waals surface area (Å²) < 4.78 is 0. The number of nitrogens with one attached hydrogen (secondary N) is 1. The number of hydrazone groups is 1. The van der Waals surface area contributed by atoms with Crippen molar-refractivity contribution >= 4 is 5.71 Å². The smallest absolute Gasteiger partial charge is 0.0641 e. The lowest BCUT2D eigenvalue weighted by Gasteiger charge is -1.95. The Labute approximate surface area is 117 Å². The minimum absolute atomic E-state index is 0.862. The SMILES string of the molecule is C/C(=N\N)c1ccccc1.CC/C=C/CNC.CN. The van der Waals surface area contributed by atoms with Crippen molar-refractivity contribution in [2.75, 3.05) is 20.6 Å². The van der Waals surface area contributed by atoms with E-state index in [4.69, 9.17) is 5.84 Å². The fourth-order valence-corrected chi connectivity index (χ4v) is 1.12. The fourth-order valence-electron chi connectivity index (χ4n) is 1.12. The molecule has 0 amide bonds. The van der Waals surface area contributed by atoms with Crippen LogP contribution in [0.4, 0.5) is 0 Å². The van der Waals surface area contributed by atoms with Gasteiger partial charge in [0, 0.05) is 6.54 Å². The van der Waals surface area contributed by atoms with Gasteiger partial charge in [-0.3, -0.25) is 0 Å². The van der Waals surface area contributed by atoms with Gasteiger partial charge in [0.25, 0.3) is 0 Å². The minimum Gasteiger partial charge on any atom is -0.333 e. The van der Waals surface area contributed by atoms with Crippen LogP contribution < -0.4 is 16.9 Å². The molecule has 0 unspecified atom stereocenters. The number of likely N-dealkylation sites (N-methyl/N-ethyl adjacent to an activating group) is 1. The molecule has 4 heteroatoms. The molecule has 0 spiro atoms. The molecule has 5 N–H and O–H groups in total. The Morgan fingerprint density at radius 1 is 1.21 bits per heavy atom. The first-order valence-corrected chi connectivity index (χ1v) is 6.43. The van der Waals surface area contributed by atoms with Gasteiger partial charge in [-0.1, -0.05) is 49.4 Å². The number of hydrogen-bond donors (Lipinski definition) is 3. The molecule has 4 nitrogen and oxygen atoms in total. The average Bonchev–Trinajstić information content (AvgIpc) is 2.50. The van der Waals surface area contributed by atoms with Crippen LogP contribution in [0.15, 0.2) is 47.6 Å². The summed E-state index contributed by atoms with van der Waals surface area (Å²) in [4.78, 5) is 0. The third-order valence-electron chi connectivity index (χ3n) is 2.11. The van der Waals surface area contributed by atoms with Crippen LogP contribution in [0, 0.1) is 0 Å². The molecular formula is C15H28N4. The fraction of sp³-hybridized carbons (Fsp3) is 0.400. The Balaban J connectivity index is 0. The highest BCUT2D eigenvalue weighted by molar-refractivity contribution is 5.98. The van der Waals surface area contributed by atoms with Crippen LogP contribution in [0.5, 0.6) is 0 Å². The number of rotatable bonds is 4. The Morgan fingerprint density at radius 2 is 1.79 bits per heavy atom. The Kier molecular flexibility index (Phi) is 16.9. The predicted molar refractivity (Wildman–Crippen MR) is 86.3 cm³/mol. The van der Waals surface area contributed by atoms with Crippen molar-refractivity contribution in [2.24, 2.45) is 16.7 Å². The topological polar surface area (TPSA) is 76.4 Å². The maximum Gasteiger partial charge on any atom is 0.0641 e. The van der Waals surface area contributed by atoms with Gasteiger partial charge >= 0.3 is 0 Å². The lowest BCUT2D eigenvalue weighted by atomic mass is 10.1. The highest BCUT2D eigenvalue weighted by Gasteiger charge is 1.91. The lowest BCUT2D eigenvalue weighted by Crippen LogP contribution is -2.03. The molecule has 0 aliphatic carbocycles. The number of hydrogen-bond acceptors (Lipinski definition) is 4. The van der Waals surface area contributed by atoms with Crippen LogP contribution in [0.25, 0.3) is 0 Å². The first-order valence-electron chi connectivity index (χ1n) is 6.43. The van der Waals surface area contributed by atoms with Crippen molar-refractivity contribution in [1.82, 2.24) is 5.32 Å². The maximum atomic E-state index is 5.09. The number of allylic oxidation sites excluding steroid dienone is 1. The highest BCUT2D eigenvalue weighted by Crippen LogP contribution is 1.98. The van der Waals surface area contributed by atoms with Crippen LogP contribution in [0.1, 0.15) is 25.8 Å². The summed E-state index contributed by atoms with van der Waals surface area (Å²) in [5, 5.41) is 6.59. The van der Waals surface area contributed by atoms with Gasteiger partial charge in [-0.25, -0.2) is 0 Å². The summed E-state index contributed by atoms with van der Waals surface area (Å²) >= 11 is 0. The first kappa shape index (κ1) is 19.7. The monoisotopic (exact) mass is 264 g/mol. The number of nitrogens with zero attached hydrogens (tertiary/aromatic N) is 1. The summed E-state index contributed by atoms with van der Waals surface area (Å²) in [6, 6.07) is 9.85. The average molecular weight is 264 g/mol. The van der Waals surface area contributed by atoms with Gasteiger partial charge in [-0.2, -0.15) is 5.10 Å². The van der Waals surface area contributed by atoms with Crippen molar-refractivity contribution in [2.45, 2.75) is 20.3 Å². The molecule has 0 bridgehead atoms. The molecule has 0 aliphatic rings. The summed E-state index contributed by atoms with van der Waals surface area (Å²) in [6.07, 6.45) is 5.41. The molecule has 0 aromatic heterocycles. The standard InChI is InChI=1S/C8H10N2.C6H13N.CH5N/c1-7(10-9)8-5-3-2-4-6-8;1-3-4-5-6-7-2;1-2/h2-6H,9H2,1H3;4-5,7H,3,6H2,1-2H3;2H2,1H3/b10-7+;5-4+;. The van der Waals surface area contributed by atoms with Gasteiger partial charge < -0.3 is 16.9 Å². The quantitative estimate of drug-likeness (QED) is 0.337. The zero-order chi connectivity index (χ0) is 14.9. The van der Waals surface area contributed by atoms with Crippen molar-refractivity contribution in [3.63, 3.8) is 0 Å². The second-order valence-corrected chi connectivity index (χ2v) is 3.52. The van der Waals surface area contributed by atoms with E-state index in [-0.39, 0.29) is 0 Å². The van der Waals surface area contributed by atoms with Crippen LogP contribution >= 0.6 is 0 Å². The summed E-state index contributed by atoms with van der Waals surface area (Å²) in [5.41, 5.74) is 6.44. The van der Waals surface area contributed by atoms with Gasteiger partial charge in [0.05, 0.1) is 5.71 Å². The van der Waals surface area contributed by atoms with E-state index in [9.17, 15) is 0 Å². The van der Waals surface area contributed by atoms with E-state index in [1.807, 2.05) is 44.3 Å². The number of benzene rings is 1. The minimum atomic E-state index is 0.862. The van der Waals surface area contributed by atoms with E-state index < -0.39 is 0 Å². The first-order chi connectivity index (χ1) is 9.26. The largest absolute Gasteiger partial charge is 0.333 e.